The van der Waals surface area contributed by atoms with Crippen LogP contribution in [0.5, 0.6) is 0 Å². The molecular formula is C13H26N2O4. The summed E-state index contributed by atoms with van der Waals surface area (Å²) in [6.45, 7) is 11.6. The van der Waals surface area contributed by atoms with Gasteiger partial charge in [0.25, 0.3) is 0 Å². The lowest BCUT2D eigenvalue weighted by molar-refractivity contribution is -0.139. The Kier molecular flexibility index (Phi) is 7.44. The van der Waals surface area contributed by atoms with Crippen molar-refractivity contribution < 1.29 is 19.4 Å². The second-order valence-corrected chi connectivity index (χ2v) is 5.35. The quantitative estimate of drug-likeness (QED) is 0.738. The zero-order valence-corrected chi connectivity index (χ0v) is 12.5. The van der Waals surface area contributed by atoms with Crippen molar-refractivity contribution >= 4 is 12.1 Å². The van der Waals surface area contributed by atoms with E-state index in [2.05, 4.69) is 10.2 Å². The van der Waals surface area contributed by atoms with Crippen LogP contribution in [0, 0.1) is 0 Å². The van der Waals surface area contributed by atoms with Crippen LogP contribution in [0.1, 0.15) is 41.0 Å². The third-order valence-corrected chi connectivity index (χ3v) is 2.62. The Hall–Kier alpha value is -1.30. The number of ether oxygens (including phenoxy) is 1. The molecule has 0 aromatic heterocycles. The molecule has 0 aliphatic carbocycles. The van der Waals surface area contributed by atoms with Crippen molar-refractivity contribution in [3.8, 4) is 0 Å². The molecule has 6 heteroatoms. The molecular weight excluding hydrogens is 248 g/mol. The van der Waals surface area contributed by atoms with E-state index in [-0.39, 0.29) is 0 Å². The fourth-order valence-electron chi connectivity index (χ4n) is 1.56. The number of amides is 1. The van der Waals surface area contributed by atoms with Gasteiger partial charge in [0.15, 0.2) is 0 Å². The van der Waals surface area contributed by atoms with Gasteiger partial charge in [-0.25, -0.2) is 9.59 Å². The number of aliphatic carboxylic acids is 1. The first-order valence-electron chi connectivity index (χ1n) is 6.64. The summed E-state index contributed by atoms with van der Waals surface area (Å²) >= 11 is 0. The Morgan fingerprint density at radius 2 is 1.79 bits per heavy atom. The highest BCUT2D eigenvalue weighted by molar-refractivity contribution is 5.79. The molecule has 0 aromatic rings. The number of hydrogen-bond acceptors (Lipinski definition) is 4. The van der Waals surface area contributed by atoms with Crippen LogP contribution >= 0.6 is 0 Å². The van der Waals surface area contributed by atoms with Crippen LogP contribution in [0.2, 0.25) is 0 Å². The first kappa shape index (κ1) is 17.7. The first-order chi connectivity index (χ1) is 8.69. The fourth-order valence-corrected chi connectivity index (χ4v) is 1.56. The molecule has 0 saturated heterocycles. The molecule has 0 aliphatic heterocycles. The van der Waals surface area contributed by atoms with E-state index >= 15 is 0 Å². The van der Waals surface area contributed by atoms with E-state index in [0.29, 0.717) is 13.0 Å². The Balaban J connectivity index is 4.34. The number of nitrogens with one attached hydrogen (secondary N) is 1. The molecule has 19 heavy (non-hydrogen) atoms. The lowest BCUT2D eigenvalue weighted by Crippen LogP contribution is -2.45. The molecule has 0 rings (SSSR count). The molecule has 0 saturated carbocycles. The third kappa shape index (κ3) is 8.42. The minimum atomic E-state index is -1.04. The van der Waals surface area contributed by atoms with E-state index in [0.717, 1.165) is 13.1 Å². The maximum absolute atomic E-state index is 11.5. The highest BCUT2D eigenvalue weighted by Gasteiger charge is 2.24. The minimum absolute atomic E-state index is 0.357. The van der Waals surface area contributed by atoms with E-state index < -0.39 is 23.7 Å². The summed E-state index contributed by atoms with van der Waals surface area (Å²) in [5.41, 5.74) is -0.633. The predicted molar refractivity (Wildman–Crippen MR) is 73.2 cm³/mol. The molecule has 0 aliphatic rings. The Labute approximate surface area is 115 Å². The first-order valence-corrected chi connectivity index (χ1v) is 6.64. The van der Waals surface area contributed by atoms with Gasteiger partial charge in [-0.3, -0.25) is 0 Å². The second-order valence-electron chi connectivity index (χ2n) is 5.35. The van der Waals surface area contributed by atoms with Gasteiger partial charge in [-0.1, -0.05) is 13.8 Å². The van der Waals surface area contributed by atoms with Crippen LogP contribution in [-0.4, -0.2) is 53.3 Å². The summed E-state index contributed by atoms with van der Waals surface area (Å²) in [6.07, 6.45) is -0.338. The molecule has 0 radical (unpaired) electrons. The standard InChI is InChI=1S/C13H26N2O4/c1-6-15(7-2)9-8-10(11(16)17)14-12(18)19-13(3,4)5/h10H,6-9H2,1-5H3,(H,14,18)(H,16,17). The summed E-state index contributed by atoms with van der Waals surface area (Å²) < 4.78 is 5.05. The lowest BCUT2D eigenvalue weighted by atomic mass is 10.2. The Morgan fingerprint density at radius 3 is 2.16 bits per heavy atom. The molecule has 0 spiro atoms. The summed E-state index contributed by atoms with van der Waals surface area (Å²) in [7, 11) is 0. The van der Waals surface area contributed by atoms with Crippen LogP contribution in [0.25, 0.3) is 0 Å². The fraction of sp³-hybridized carbons (Fsp3) is 0.846. The molecule has 0 bridgehead atoms. The highest BCUT2D eigenvalue weighted by Crippen LogP contribution is 2.07. The van der Waals surface area contributed by atoms with E-state index in [1.807, 2.05) is 13.8 Å². The highest BCUT2D eigenvalue weighted by atomic mass is 16.6. The average molecular weight is 274 g/mol. The zero-order chi connectivity index (χ0) is 15.1. The van der Waals surface area contributed by atoms with E-state index in [1.165, 1.54) is 0 Å². The number of nitrogens with zero attached hydrogens (tertiary/aromatic N) is 1. The zero-order valence-electron chi connectivity index (χ0n) is 12.5. The van der Waals surface area contributed by atoms with Crippen molar-refractivity contribution in [1.29, 1.82) is 0 Å². The smallest absolute Gasteiger partial charge is 0.408 e. The van der Waals surface area contributed by atoms with Crippen LogP contribution in [0.3, 0.4) is 0 Å². The number of alkyl carbamates (subject to hydrolysis) is 1. The molecule has 0 fully saturated rings. The van der Waals surface area contributed by atoms with Crippen molar-refractivity contribution in [2.24, 2.45) is 0 Å². The molecule has 112 valence electrons. The van der Waals surface area contributed by atoms with Crippen LogP contribution in [0.4, 0.5) is 4.79 Å². The lowest BCUT2D eigenvalue weighted by Gasteiger charge is -2.23. The van der Waals surface area contributed by atoms with Crippen molar-refractivity contribution in [3.63, 3.8) is 0 Å². The molecule has 1 amide bonds. The van der Waals surface area contributed by atoms with Gasteiger partial charge in [-0.15, -0.1) is 0 Å². The van der Waals surface area contributed by atoms with Gasteiger partial charge in [-0.2, -0.15) is 0 Å². The van der Waals surface area contributed by atoms with Crippen molar-refractivity contribution in [1.82, 2.24) is 10.2 Å². The van der Waals surface area contributed by atoms with Gasteiger partial charge in [0.1, 0.15) is 11.6 Å². The van der Waals surface area contributed by atoms with Gasteiger partial charge in [-0.05, 0) is 40.3 Å². The number of rotatable bonds is 7. The van der Waals surface area contributed by atoms with Crippen molar-refractivity contribution in [2.75, 3.05) is 19.6 Å². The molecule has 1 unspecified atom stereocenters. The van der Waals surface area contributed by atoms with Crippen LogP contribution in [-0.2, 0) is 9.53 Å². The maximum Gasteiger partial charge on any atom is 0.408 e. The Morgan fingerprint density at radius 1 is 1.26 bits per heavy atom. The number of hydrogen-bond donors (Lipinski definition) is 2. The summed E-state index contributed by atoms with van der Waals surface area (Å²) in [4.78, 5) is 24.8. The van der Waals surface area contributed by atoms with E-state index in [1.54, 1.807) is 20.8 Å². The maximum atomic E-state index is 11.5. The van der Waals surface area contributed by atoms with Gasteiger partial charge in [0, 0.05) is 6.54 Å². The Bertz CT molecular complexity index is 296. The molecule has 2 N–H and O–H groups in total. The molecule has 1 atom stereocenters. The van der Waals surface area contributed by atoms with Gasteiger partial charge < -0.3 is 20.1 Å². The summed E-state index contributed by atoms with van der Waals surface area (Å²) in [6, 6.07) is -0.921. The second kappa shape index (κ2) is 7.99. The van der Waals surface area contributed by atoms with E-state index in [9.17, 15) is 9.59 Å². The molecule has 0 aromatic carbocycles. The van der Waals surface area contributed by atoms with Gasteiger partial charge >= 0.3 is 12.1 Å². The topological polar surface area (TPSA) is 78.9 Å². The third-order valence-electron chi connectivity index (χ3n) is 2.62. The van der Waals surface area contributed by atoms with E-state index in [4.69, 9.17) is 9.84 Å². The van der Waals surface area contributed by atoms with Crippen molar-refractivity contribution in [2.45, 2.75) is 52.7 Å². The predicted octanol–water partition coefficient (Wildman–Crippen LogP) is 1.70. The normalized spacial score (nSPS) is 13.2. The number of carbonyl (C=O) groups is 2. The van der Waals surface area contributed by atoms with Gasteiger partial charge in [0.05, 0.1) is 0 Å². The number of carbonyl (C=O) groups excluding carboxylic acids is 1. The number of carboxylic acid groups (broad SMARTS) is 1. The van der Waals surface area contributed by atoms with Crippen molar-refractivity contribution in [3.05, 3.63) is 0 Å². The molecule has 6 nitrogen and oxygen atoms in total. The largest absolute Gasteiger partial charge is 0.480 e. The van der Waals surface area contributed by atoms with Crippen LogP contribution in [0.15, 0.2) is 0 Å². The summed E-state index contributed by atoms with van der Waals surface area (Å²) in [5.74, 6) is -1.04. The minimum Gasteiger partial charge on any atom is -0.480 e. The van der Waals surface area contributed by atoms with Crippen LogP contribution < -0.4 is 5.32 Å². The number of carboxylic acids is 1. The molecule has 0 heterocycles. The average Bonchev–Trinajstić information content (AvgIpc) is 2.25. The van der Waals surface area contributed by atoms with Gasteiger partial charge in [0.2, 0.25) is 0 Å². The SMILES string of the molecule is CCN(CC)CCC(NC(=O)OC(C)(C)C)C(=O)O. The monoisotopic (exact) mass is 274 g/mol. The summed E-state index contributed by atoms with van der Waals surface area (Å²) in [5, 5.41) is 11.5.